The van der Waals surface area contributed by atoms with Crippen molar-refractivity contribution in [2.24, 2.45) is 0 Å². The van der Waals surface area contributed by atoms with Gasteiger partial charge in [-0.15, -0.1) is 0 Å². The van der Waals surface area contributed by atoms with Crippen LogP contribution in [0.2, 0.25) is 0 Å². The van der Waals surface area contributed by atoms with Gasteiger partial charge in [-0.1, -0.05) is 0 Å². The van der Waals surface area contributed by atoms with Crippen molar-refractivity contribution in [2.75, 3.05) is 0 Å². The van der Waals surface area contributed by atoms with E-state index in [4.69, 9.17) is 0 Å². The molecule has 6 heteroatoms. The van der Waals surface area contributed by atoms with Crippen LogP contribution in [-0.4, -0.2) is 11.0 Å². The standard InChI is InChI=1S/H3N.2H2O.2O.V/h1H3;2*1H2;;;/q;;;2*-2;/p-1. The average Bonchev–Trinajstić information content (AvgIpc) is 0. The topological polar surface area (TPSA) is 154 Å². The second kappa shape index (κ2) is 700. The average molecular weight is 135 g/mol. The van der Waals surface area contributed by atoms with E-state index in [1.54, 1.807) is 0 Å². The summed E-state index contributed by atoms with van der Waals surface area (Å²) < 4.78 is 0. The van der Waals surface area contributed by atoms with E-state index in [0.717, 1.165) is 0 Å². The summed E-state index contributed by atoms with van der Waals surface area (Å²) in [5.41, 5.74) is 0. The Hall–Kier alpha value is 0.384. The third-order valence-corrected chi connectivity index (χ3v) is 0. The van der Waals surface area contributed by atoms with Crippen LogP contribution in [0.5, 0.6) is 0 Å². The van der Waals surface area contributed by atoms with Crippen LogP contribution >= 0.6 is 0 Å². The Morgan fingerprint density at radius 3 is 0.833 bits per heavy atom. The van der Waals surface area contributed by atoms with Crippen molar-refractivity contribution in [3.63, 3.8) is 0 Å². The van der Waals surface area contributed by atoms with E-state index < -0.39 is 0 Å². The van der Waals surface area contributed by atoms with Gasteiger partial charge in [0.2, 0.25) is 0 Å². The fourth-order valence-corrected chi connectivity index (χ4v) is 0. The van der Waals surface area contributed by atoms with Gasteiger partial charge in [0, 0.05) is 18.6 Å². The number of hydrogen-bond acceptors (Lipinski definition) is 2. The number of rotatable bonds is 0. The van der Waals surface area contributed by atoms with E-state index in [-0.39, 0.29) is 46.6 Å². The number of hydrogen-bond donors (Lipinski definition) is 1. The van der Waals surface area contributed by atoms with Gasteiger partial charge in [0.1, 0.15) is 0 Å². The molecule has 0 atom stereocenters. The van der Waals surface area contributed by atoms with Gasteiger partial charge in [-0.3, -0.25) is 0 Å². The molecule has 6 N–H and O–H groups in total. The quantitative estimate of drug-likeness (QED) is 0.448. The zero-order valence-corrected chi connectivity index (χ0v) is 4.31. The van der Waals surface area contributed by atoms with Crippen molar-refractivity contribution >= 4 is 0 Å². The van der Waals surface area contributed by atoms with Gasteiger partial charge in [-0.25, -0.2) is 0 Å². The van der Waals surface area contributed by atoms with Gasteiger partial charge in [0.25, 0.3) is 0 Å². The Morgan fingerprint density at radius 2 is 0.833 bits per heavy atom. The van der Waals surface area contributed by atoms with E-state index in [9.17, 15) is 0 Å². The maximum Gasteiger partial charge on any atom is 0 e. The van der Waals surface area contributed by atoms with Crippen LogP contribution in [0.1, 0.15) is 0 Å². The molecular weight excluding hydrogens is 129 g/mol. The van der Waals surface area contributed by atoms with Crippen molar-refractivity contribution in [1.29, 1.82) is 0 Å². The van der Waals surface area contributed by atoms with Gasteiger partial charge in [-0.2, -0.15) is 0 Å². The summed E-state index contributed by atoms with van der Waals surface area (Å²) >= 11 is 0. The normalized spacial score (nSPS) is 0. The van der Waals surface area contributed by atoms with Crippen molar-refractivity contribution in [2.45, 2.75) is 0 Å². The zero-order chi connectivity index (χ0) is 0. The molecule has 0 aromatic heterocycles. The molecule has 0 aliphatic rings. The fourth-order valence-electron chi connectivity index (χ4n) is 0. The van der Waals surface area contributed by atoms with E-state index >= 15 is 0 Å². The summed E-state index contributed by atoms with van der Waals surface area (Å²) in [7, 11) is 0. The molecule has 0 aliphatic heterocycles. The Balaban J connectivity index is 0. The molecule has 5 nitrogen and oxygen atoms in total. The summed E-state index contributed by atoms with van der Waals surface area (Å²) in [5, 5.41) is 0. The molecule has 0 amide bonds. The third-order valence-electron chi connectivity index (χ3n) is 0. The maximum atomic E-state index is 0. The Bertz CT molecular complexity index is 7.51. The predicted molar refractivity (Wildman–Crippen MR) is 11.9 cm³/mol. The Morgan fingerprint density at radius 1 is 0.833 bits per heavy atom. The maximum absolute atomic E-state index is 0. The van der Waals surface area contributed by atoms with Crippen molar-refractivity contribution in [3.8, 4) is 0 Å². The van der Waals surface area contributed by atoms with Crippen LogP contribution in [0.3, 0.4) is 0 Å². The second-order valence-corrected chi connectivity index (χ2v) is 0. The molecule has 0 heterocycles. The SMILES string of the molecule is N.O.[O-2].[O-2].[OH-].[V]. The molecule has 0 bridgehead atoms. The molecule has 0 saturated heterocycles. The van der Waals surface area contributed by atoms with Crippen molar-refractivity contribution in [3.05, 3.63) is 0 Å². The molecule has 0 unspecified atom stereocenters. The summed E-state index contributed by atoms with van der Waals surface area (Å²) in [6.45, 7) is 0. The van der Waals surface area contributed by atoms with E-state index in [0.29, 0.717) is 0 Å². The first kappa shape index (κ1) is 1250. The minimum atomic E-state index is 0. The summed E-state index contributed by atoms with van der Waals surface area (Å²) in [5.74, 6) is 0. The fraction of sp³-hybridized carbons (Fsp3) is 0. The van der Waals surface area contributed by atoms with Gasteiger partial charge >= 0.3 is 0 Å². The van der Waals surface area contributed by atoms with Gasteiger partial charge in [0.05, 0.1) is 0 Å². The van der Waals surface area contributed by atoms with Crippen LogP contribution in [0.15, 0.2) is 0 Å². The van der Waals surface area contributed by atoms with Crippen LogP contribution in [0.4, 0.5) is 0 Å². The Labute approximate surface area is 47.4 Å². The van der Waals surface area contributed by atoms with Crippen LogP contribution in [0, 0.1) is 0 Å². The third kappa shape index (κ3) is 340. The molecule has 0 fully saturated rings. The van der Waals surface area contributed by atoms with Gasteiger partial charge in [0.15, 0.2) is 0 Å². The van der Waals surface area contributed by atoms with E-state index in [1.165, 1.54) is 0 Å². The molecular formula is H6NO4V-5. The first-order valence-electron chi connectivity index (χ1n) is 0. The monoisotopic (exact) mass is 135 g/mol. The van der Waals surface area contributed by atoms with Crippen LogP contribution < -0.4 is 6.15 Å². The minimum absolute atomic E-state index is 0. The molecule has 0 aromatic rings. The Kier molecular flexibility index (Phi) is 146000. The van der Waals surface area contributed by atoms with E-state index in [1.807, 2.05) is 0 Å². The van der Waals surface area contributed by atoms with Crippen molar-refractivity contribution in [1.82, 2.24) is 6.15 Å². The molecule has 0 saturated carbocycles. The van der Waals surface area contributed by atoms with E-state index in [2.05, 4.69) is 0 Å². The first-order valence-corrected chi connectivity index (χ1v) is 0. The first-order chi connectivity index (χ1) is 0. The van der Waals surface area contributed by atoms with Crippen molar-refractivity contribution < 1.29 is 40.5 Å². The molecule has 0 aromatic carbocycles. The van der Waals surface area contributed by atoms with Gasteiger partial charge in [-0.05, 0) is 0 Å². The molecule has 45 valence electrons. The minimum Gasteiger partial charge on any atom is -2.00 e. The largest absolute Gasteiger partial charge is 2.00 e. The second-order valence-electron chi connectivity index (χ2n) is 0. The molecule has 1 radical (unpaired) electrons. The molecule has 0 rings (SSSR count). The predicted octanol–water partition coefficient (Wildman–Crippen LogP) is -1.08. The smallest absolute Gasteiger partial charge is 0 e. The zero-order valence-electron chi connectivity index (χ0n) is 2.92. The van der Waals surface area contributed by atoms with Crippen LogP contribution in [-0.2, 0) is 29.5 Å². The summed E-state index contributed by atoms with van der Waals surface area (Å²) in [4.78, 5) is 0. The van der Waals surface area contributed by atoms with Gasteiger partial charge < -0.3 is 28.1 Å². The molecule has 0 aliphatic carbocycles. The molecule has 6 heavy (non-hydrogen) atoms. The summed E-state index contributed by atoms with van der Waals surface area (Å²) in [6.07, 6.45) is 0. The molecule has 0 spiro atoms. The van der Waals surface area contributed by atoms with Crippen LogP contribution in [0.25, 0.3) is 0 Å². The summed E-state index contributed by atoms with van der Waals surface area (Å²) in [6, 6.07) is 0.